The fraction of sp³-hybridized carbons (Fsp3) is 0.190. The minimum atomic E-state index is -0.891. The Hall–Kier alpha value is -2.63. The van der Waals surface area contributed by atoms with Crippen molar-refractivity contribution in [1.82, 2.24) is 5.32 Å². The number of carbonyl (C=O) groups excluding carboxylic acids is 3. The van der Waals surface area contributed by atoms with E-state index in [1.54, 1.807) is 6.07 Å². The first-order valence-electron chi connectivity index (χ1n) is 8.62. The lowest BCUT2D eigenvalue weighted by molar-refractivity contribution is -0.124. The minimum Gasteiger partial charge on any atom is -0.502 e. The number of Topliss-reactive ketones (excluding diaryl/α,β-unsaturated/α-hetero) is 1. The van der Waals surface area contributed by atoms with Crippen molar-refractivity contribution < 1.29 is 19.5 Å². The Balaban J connectivity index is 1.81. The number of benzene rings is 2. The van der Waals surface area contributed by atoms with Crippen molar-refractivity contribution in [3.63, 3.8) is 0 Å². The second-order valence-corrected chi connectivity index (χ2v) is 8.08. The van der Waals surface area contributed by atoms with E-state index in [4.69, 9.17) is 23.2 Å². The maximum Gasteiger partial charge on any atom is 0.293 e. The zero-order valence-corrected chi connectivity index (χ0v) is 16.3. The molecular weight excluding hydrogens is 401 g/mol. The van der Waals surface area contributed by atoms with E-state index < -0.39 is 23.0 Å². The summed E-state index contributed by atoms with van der Waals surface area (Å²) >= 11 is 12.7. The van der Waals surface area contributed by atoms with Crippen molar-refractivity contribution in [2.75, 3.05) is 0 Å². The average Bonchev–Trinajstić information content (AvgIpc) is 3.04. The van der Waals surface area contributed by atoms with Crippen molar-refractivity contribution in [1.29, 1.82) is 0 Å². The number of aliphatic hydroxyl groups is 1. The van der Waals surface area contributed by atoms with Crippen molar-refractivity contribution in [3.8, 4) is 0 Å². The molecule has 2 aromatic rings. The van der Waals surface area contributed by atoms with Crippen LogP contribution in [0.5, 0.6) is 0 Å². The first kappa shape index (κ1) is 18.7. The van der Waals surface area contributed by atoms with Gasteiger partial charge in [-0.05, 0) is 30.0 Å². The molecule has 28 heavy (non-hydrogen) atoms. The molecule has 0 spiro atoms. The number of hydrogen-bond donors (Lipinski definition) is 2. The Bertz CT molecular complexity index is 1090. The number of imide groups is 1. The molecule has 0 bridgehead atoms. The van der Waals surface area contributed by atoms with Crippen LogP contribution in [-0.2, 0) is 22.4 Å². The van der Waals surface area contributed by atoms with E-state index in [1.165, 1.54) is 0 Å². The minimum absolute atomic E-state index is 0.0309. The summed E-state index contributed by atoms with van der Waals surface area (Å²) in [4.78, 5) is 36.8. The van der Waals surface area contributed by atoms with E-state index in [0.717, 1.165) is 5.56 Å². The van der Waals surface area contributed by atoms with Crippen LogP contribution in [0.15, 0.2) is 42.2 Å². The summed E-state index contributed by atoms with van der Waals surface area (Å²) in [5.41, 5.74) is 1.19. The third-order valence-corrected chi connectivity index (χ3v) is 6.12. The first-order chi connectivity index (χ1) is 13.2. The molecule has 1 atom stereocenters. The Morgan fingerprint density at radius 2 is 1.75 bits per heavy atom. The molecule has 5 nitrogen and oxygen atoms in total. The zero-order valence-electron chi connectivity index (χ0n) is 14.8. The molecule has 0 saturated heterocycles. The maximum atomic E-state index is 13.2. The van der Waals surface area contributed by atoms with Crippen LogP contribution in [0.4, 0.5) is 0 Å². The molecule has 0 fully saturated rings. The van der Waals surface area contributed by atoms with Crippen molar-refractivity contribution >= 4 is 46.4 Å². The third-order valence-electron chi connectivity index (χ3n) is 5.26. The lowest BCUT2D eigenvalue weighted by Crippen LogP contribution is -2.26. The second kappa shape index (κ2) is 6.47. The van der Waals surface area contributed by atoms with E-state index in [9.17, 15) is 19.5 Å². The molecule has 4 rings (SSSR count). The molecule has 2 aromatic carbocycles. The SMILES string of the molecule is CC1(Cc2ccccc2)Cc2cc(C3=C(O)C(=O)NC3=O)c(Cl)c(Cl)c2C1=O. The largest absolute Gasteiger partial charge is 0.502 e. The van der Waals surface area contributed by atoms with Gasteiger partial charge in [0.2, 0.25) is 0 Å². The van der Waals surface area contributed by atoms with E-state index in [1.807, 2.05) is 42.6 Å². The van der Waals surface area contributed by atoms with Crippen LogP contribution in [0.25, 0.3) is 5.57 Å². The van der Waals surface area contributed by atoms with Gasteiger partial charge >= 0.3 is 0 Å². The van der Waals surface area contributed by atoms with Crippen LogP contribution in [-0.4, -0.2) is 22.7 Å². The van der Waals surface area contributed by atoms with Crippen LogP contribution in [0, 0.1) is 5.41 Å². The topological polar surface area (TPSA) is 83.5 Å². The van der Waals surface area contributed by atoms with Gasteiger partial charge < -0.3 is 5.11 Å². The molecule has 1 unspecified atom stereocenters. The van der Waals surface area contributed by atoms with Crippen LogP contribution in [0.3, 0.4) is 0 Å². The first-order valence-corrected chi connectivity index (χ1v) is 9.37. The molecule has 2 amide bonds. The fourth-order valence-electron chi connectivity index (χ4n) is 3.93. The maximum absolute atomic E-state index is 13.2. The van der Waals surface area contributed by atoms with Crippen molar-refractivity contribution in [2.24, 2.45) is 5.41 Å². The second-order valence-electron chi connectivity index (χ2n) is 7.32. The Morgan fingerprint density at radius 3 is 2.36 bits per heavy atom. The number of hydrogen-bond acceptors (Lipinski definition) is 4. The lowest BCUT2D eigenvalue weighted by Gasteiger charge is -2.22. The van der Waals surface area contributed by atoms with Crippen LogP contribution >= 0.6 is 23.2 Å². The number of carbonyl (C=O) groups is 3. The highest BCUT2D eigenvalue weighted by Crippen LogP contribution is 2.47. The van der Waals surface area contributed by atoms with E-state index >= 15 is 0 Å². The number of aliphatic hydroxyl groups excluding tert-OH is 1. The van der Waals surface area contributed by atoms with E-state index in [2.05, 4.69) is 0 Å². The van der Waals surface area contributed by atoms with Crippen LogP contribution in [0.2, 0.25) is 10.0 Å². The van der Waals surface area contributed by atoms with Gasteiger partial charge in [0, 0.05) is 16.5 Å². The smallest absolute Gasteiger partial charge is 0.293 e. The predicted octanol–water partition coefficient (Wildman–Crippen LogP) is 3.91. The summed E-state index contributed by atoms with van der Waals surface area (Å²) in [6.07, 6.45) is 0.932. The van der Waals surface area contributed by atoms with Crippen molar-refractivity contribution in [2.45, 2.75) is 19.8 Å². The van der Waals surface area contributed by atoms with Crippen molar-refractivity contribution in [3.05, 3.63) is 74.5 Å². The summed E-state index contributed by atoms with van der Waals surface area (Å²) in [6.45, 7) is 1.87. The van der Waals surface area contributed by atoms with Gasteiger partial charge in [-0.15, -0.1) is 0 Å². The lowest BCUT2D eigenvalue weighted by atomic mass is 9.80. The Labute approximate surface area is 171 Å². The molecule has 1 heterocycles. The van der Waals surface area contributed by atoms with Gasteiger partial charge in [0.05, 0.1) is 15.6 Å². The quantitative estimate of drug-likeness (QED) is 0.744. The summed E-state index contributed by atoms with van der Waals surface area (Å²) in [5, 5.41) is 12.0. The molecule has 0 aromatic heterocycles. The molecular formula is C21H15Cl2NO4. The molecule has 1 aliphatic carbocycles. The highest BCUT2D eigenvalue weighted by atomic mass is 35.5. The molecule has 0 radical (unpaired) electrons. The van der Waals surface area contributed by atoms with Gasteiger partial charge in [0.25, 0.3) is 11.8 Å². The molecule has 2 aliphatic rings. The van der Waals surface area contributed by atoms with Crippen LogP contribution in [0.1, 0.15) is 34.0 Å². The average molecular weight is 416 g/mol. The molecule has 1 aliphatic heterocycles. The van der Waals surface area contributed by atoms with Gasteiger partial charge in [-0.1, -0.05) is 60.5 Å². The highest BCUT2D eigenvalue weighted by Gasteiger charge is 2.44. The van der Waals surface area contributed by atoms with Gasteiger partial charge in [0.1, 0.15) is 0 Å². The predicted molar refractivity (Wildman–Crippen MR) is 105 cm³/mol. The third kappa shape index (κ3) is 2.74. The van der Waals surface area contributed by atoms with E-state index in [0.29, 0.717) is 24.0 Å². The number of ketones is 1. The normalized spacial score (nSPS) is 21.3. The van der Waals surface area contributed by atoms with Gasteiger partial charge in [-0.2, -0.15) is 0 Å². The number of rotatable bonds is 3. The number of nitrogens with one attached hydrogen (secondary N) is 1. The van der Waals surface area contributed by atoms with Gasteiger partial charge in [0.15, 0.2) is 11.5 Å². The fourth-order valence-corrected chi connectivity index (χ4v) is 4.49. The molecule has 0 saturated carbocycles. The summed E-state index contributed by atoms with van der Waals surface area (Å²) in [6, 6.07) is 11.2. The van der Waals surface area contributed by atoms with Crippen LogP contribution < -0.4 is 5.32 Å². The number of halogens is 2. The number of fused-ring (bicyclic) bond motifs is 1. The molecule has 7 heteroatoms. The molecule has 2 N–H and O–H groups in total. The van der Waals surface area contributed by atoms with E-state index in [-0.39, 0.29) is 27.0 Å². The standard InChI is InChI=1S/C21H15Cl2NO4/c1-21(8-10-5-3-2-4-6-10)9-11-7-12(14-17(25)20(28)24-19(14)27)15(22)16(23)13(11)18(21)26/h2-7H,8-9H2,1H3,(H2,24,25,27,28). The summed E-state index contributed by atoms with van der Waals surface area (Å²) in [5.74, 6) is -2.47. The molecule has 142 valence electrons. The van der Waals surface area contributed by atoms with Gasteiger partial charge in [-0.25, -0.2) is 0 Å². The Morgan fingerprint density at radius 1 is 1.07 bits per heavy atom. The summed E-state index contributed by atoms with van der Waals surface area (Å²) < 4.78 is 0. The Kier molecular flexibility index (Phi) is 4.32. The van der Waals surface area contributed by atoms with Gasteiger partial charge in [-0.3, -0.25) is 19.7 Å². The zero-order chi connectivity index (χ0) is 20.2. The summed E-state index contributed by atoms with van der Waals surface area (Å²) in [7, 11) is 0. The monoisotopic (exact) mass is 415 g/mol. The highest BCUT2D eigenvalue weighted by molar-refractivity contribution is 6.47. The number of amides is 2.